The van der Waals surface area contributed by atoms with Crippen LogP contribution in [0.1, 0.15) is 44.5 Å². The Labute approximate surface area is 171 Å². The first-order valence-corrected chi connectivity index (χ1v) is 10.2. The van der Waals surface area contributed by atoms with Crippen LogP contribution in [-0.2, 0) is 0 Å². The van der Waals surface area contributed by atoms with Crippen molar-refractivity contribution in [2.45, 2.75) is 24.3 Å². The van der Waals surface area contributed by atoms with E-state index in [0.717, 1.165) is 28.2 Å². The molecule has 5 nitrogen and oxygen atoms in total. The van der Waals surface area contributed by atoms with E-state index in [4.69, 9.17) is 4.42 Å². The Kier molecular flexibility index (Phi) is 5.40. The van der Waals surface area contributed by atoms with Gasteiger partial charge in [0.05, 0.1) is 12.3 Å². The van der Waals surface area contributed by atoms with Gasteiger partial charge in [-0.25, -0.2) is 4.39 Å². The molecule has 2 amide bonds. The maximum absolute atomic E-state index is 13.7. The van der Waals surface area contributed by atoms with Crippen molar-refractivity contribution in [3.05, 3.63) is 83.1 Å². The van der Waals surface area contributed by atoms with Crippen LogP contribution in [0, 0.1) is 12.7 Å². The molecule has 0 aliphatic carbocycles. The standard InChI is InChI=1S/C22H19FN2O3S/c1-13-4-5-14(11-18(13)25-22(27)19-3-2-9-28-19)21(26)24-17-8-10-29-20-7-6-15(23)12-16(17)20/h2-7,9,11-12,17H,8,10H2,1H3,(H,24,26)(H,25,27)/t17-/m0/s1. The summed E-state index contributed by atoms with van der Waals surface area (Å²) >= 11 is 1.66. The van der Waals surface area contributed by atoms with Crippen LogP contribution in [0.15, 0.2) is 64.1 Å². The van der Waals surface area contributed by atoms with E-state index in [1.807, 2.05) is 6.92 Å². The monoisotopic (exact) mass is 410 g/mol. The molecule has 1 aliphatic heterocycles. The fourth-order valence-electron chi connectivity index (χ4n) is 3.25. The van der Waals surface area contributed by atoms with Gasteiger partial charge >= 0.3 is 0 Å². The highest BCUT2D eigenvalue weighted by Crippen LogP contribution is 2.36. The quantitative estimate of drug-likeness (QED) is 0.639. The molecule has 1 atom stereocenters. The molecule has 3 aromatic rings. The summed E-state index contributed by atoms with van der Waals surface area (Å²) in [4.78, 5) is 26.1. The molecule has 2 N–H and O–H groups in total. The molecule has 0 bridgehead atoms. The molecular formula is C22H19FN2O3S. The third-order valence-electron chi connectivity index (χ3n) is 4.81. The minimum absolute atomic E-state index is 0.192. The minimum atomic E-state index is -0.385. The Morgan fingerprint density at radius 3 is 2.79 bits per heavy atom. The van der Waals surface area contributed by atoms with Crippen molar-refractivity contribution in [1.82, 2.24) is 5.32 Å². The number of halogens is 1. The van der Waals surface area contributed by atoms with Gasteiger partial charge < -0.3 is 15.1 Å². The highest BCUT2D eigenvalue weighted by molar-refractivity contribution is 7.99. The van der Waals surface area contributed by atoms with E-state index in [0.29, 0.717) is 11.3 Å². The number of carbonyl (C=O) groups is 2. The van der Waals surface area contributed by atoms with Gasteiger partial charge in [-0.1, -0.05) is 6.07 Å². The highest BCUT2D eigenvalue weighted by Gasteiger charge is 2.23. The molecule has 0 spiro atoms. The predicted octanol–water partition coefficient (Wildman–Crippen LogP) is 4.95. The normalized spacial score (nSPS) is 15.4. The number of thioether (sulfide) groups is 1. The summed E-state index contributed by atoms with van der Waals surface area (Å²) in [6.07, 6.45) is 2.15. The van der Waals surface area contributed by atoms with Crippen LogP contribution in [0.4, 0.5) is 10.1 Å². The average Bonchev–Trinajstić information content (AvgIpc) is 3.25. The first-order chi connectivity index (χ1) is 14.0. The molecule has 0 saturated heterocycles. The lowest BCUT2D eigenvalue weighted by Crippen LogP contribution is -2.30. The number of amides is 2. The van der Waals surface area contributed by atoms with Crippen LogP contribution in [0.2, 0.25) is 0 Å². The summed E-state index contributed by atoms with van der Waals surface area (Å²) in [6, 6.07) is 12.7. The van der Waals surface area contributed by atoms with Crippen molar-refractivity contribution in [2.24, 2.45) is 0 Å². The zero-order valence-electron chi connectivity index (χ0n) is 15.7. The van der Waals surface area contributed by atoms with Crippen LogP contribution in [-0.4, -0.2) is 17.6 Å². The Morgan fingerprint density at radius 2 is 2.00 bits per heavy atom. The SMILES string of the molecule is Cc1ccc(C(=O)N[C@H]2CCSc3ccc(F)cc32)cc1NC(=O)c1ccco1. The Balaban J connectivity index is 1.53. The van der Waals surface area contributed by atoms with E-state index in [1.165, 1.54) is 18.4 Å². The Bertz CT molecular complexity index is 1070. The summed E-state index contributed by atoms with van der Waals surface area (Å²) in [6.45, 7) is 1.84. The van der Waals surface area contributed by atoms with Gasteiger partial charge in [-0.2, -0.15) is 0 Å². The number of furan rings is 1. The van der Waals surface area contributed by atoms with Crippen molar-refractivity contribution in [2.75, 3.05) is 11.1 Å². The van der Waals surface area contributed by atoms with Crippen LogP contribution in [0.25, 0.3) is 0 Å². The summed E-state index contributed by atoms with van der Waals surface area (Å²) in [7, 11) is 0. The van der Waals surface area contributed by atoms with Crippen molar-refractivity contribution in [3.63, 3.8) is 0 Å². The second-order valence-electron chi connectivity index (χ2n) is 6.81. The lowest BCUT2D eigenvalue weighted by molar-refractivity contribution is 0.0933. The second-order valence-corrected chi connectivity index (χ2v) is 7.94. The minimum Gasteiger partial charge on any atom is -0.459 e. The van der Waals surface area contributed by atoms with Gasteiger partial charge in [0.2, 0.25) is 0 Å². The molecule has 0 radical (unpaired) electrons. The van der Waals surface area contributed by atoms with Crippen molar-refractivity contribution in [3.8, 4) is 0 Å². The zero-order valence-corrected chi connectivity index (χ0v) is 16.5. The van der Waals surface area contributed by atoms with Crippen molar-refractivity contribution in [1.29, 1.82) is 0 Å². The second kappa shape index (κ2) is 8.13. The van der Waals surface area contributed by atoms with E-state index in [1.54, 1.807) is 48.2 Å². The molecule has 2 aromatic carbocycles. The van der Waals surface area contributed by atoms with Crippen molar-refractivity contribution >= 4 is 29.3 Å². The van der Waals surface area contributed by atoms with Gasteiger partial charge in [-0.3, -0.25) is 9.59 Å². The number of nitrogens with one attached hydrogen (secondary N) is 2. The predicted molar refractivity (Wildman–Crippen MR) is 110 cm³/mol. The van der Waals surface area contributed by atoms with Crippen LogP contribution in [0.5, 0.6) is 0 Å². The summed E-state index contributed by atoms with van der Waals surface area (Å²) < 4.78 is 18.8. The molecule has 148 valence electrons. The van der Waals surface area contributed by atoms with E-state index >= 15 is 0 Å². The first-order valence-electron chi connectivity index (χ1n) is 9.20. The number of fused-ring (bicyclic) bond motifs is 1. The third-order valence-corrected chi connectivity index (χ3v) is 5.93. The van der Waals surface area contributed by atoms with Gasteiger partial charge in [-0.15, -0.1) is 11.8 Å². The molecule has 4 rings (SSSR count). The molecule has 7 heteroatoms. The fourth-order valence-corrected chi connectivity index (χ4v) is 4.35. The van der Waals surface area contributed by atoms with Gasteiger partial charge in [0.15, 0.2) is 5.76 Å². The lowest BCUT2D eigenvalue weighted by Gasteiger charge is -2.26. The Hall–Kier alpha value is -3.06. The Morgan fingerprint density at radius 1 is 1.14 bits per heavy atom. The van der Waals surface area contributed by atoms with E-state index < -0.39 is 0 Å². The number of anilines is 1. The van der Waals surface area contributed by atoms with Crippen molar-refractivity contribution < 1.29 is 18.4 Å². The summed E-state index contributed by atoms with van der Waals surface area (Å²) in [5, 5.41) is 5.76. The highest BCUT2D eigenvalue weighted by atomic mass is 32.2. The number of hydrogen-bond acceptors (Lipinski definition) is 4. The smallest absolute Gasteiger partial charge is 0.291 e. The number of benzene rings is 2. The molecule has 0 fully saturated rings. The number of aryl methyl sites for hydroxylation is 1. The molecule has 0 saturated carbocycles. The first kappa shape index (κ1) is 19.3. The van der Waals surface area contributed by atoms with Gasteiger partial charge in [-0.05, 0) is 66.9 Å². The van der Waals surface area contributed by atoms with Crippen LogP contribution in [0.3, 0.4) is 0 Å². The topological polar surface area (TPSA) is 71.3 Å². The lowest BCUT2D eigenvalue weighted by atomic mass is 10.0. The molecule has 1 aromatic heterocycles. The summed E-state index contributed by atoms with van der Waals surface area (Å²) in [5.74, 6) is 0.0680. The maximum atomic E-state index is 13.7. The molecule has 1 aliphatic rings. The molecule has 2 heterocycles. The third kappa shape index (κ3) is 4.19. The fraction of sp³-hybridized carbons (Fsp3) is 0.182. The largest absolute Gasteiger partial charge is 0.459 e. The van der Waals surface area contributed by atoms with E-state index in [2.05, 4.69) is 10.6 Å². The zero-order chi connectivity index (χ0) is 20.4. The van der Waals surface area contributed by atoms with Gasteiger partial charge in [0.25, 0.3) is 11.8 Å². The number of rotatable bonds is 4. The van der Waals surface area contributed by atoms with E-state index in [-0.39, 0.29) is 29.4 Å². The average molecular weight is 410 g/mol. The maximum Gasteiger partial charge on any atom is 0.291 e. The molecule has 0 unspecified atom stereocenters. The van der Waals surface area contributed by atoms with Crippen LogP contribution < -0.4 is 10.6 Å². The molecular weight excluding hydrogens is 391 g/mol. The van der Waals surface area contributed by atoms with E-state index in [9.17, 15) is 14.0 Å². The number of carbonyl (C=O) groups excluding carboxylic acids is 2. The molecule has 29 heavy (non-hydrogen) atoms. The van der Waals surface area contributed by atoms with Gasteiger partial charge in [0, 0.05) is 21.9 Å². The van der Waals surface area contributed by atoms with Crippen LogP contribution >= 0.6 is 11.8 Å². The number of hydrogen-bond donors (Lipinski definition) is 2. The summed E-state index contributed by atoms with van der Waals surface area (Å²) in [5.41, 5.74) is 2.57. The van der Waals surface area contributed by atoms with Gasteiger partial charge in [0.1, 0.15) is 5.82 Å².